The van der Waals surface area contributed by atoms with Crippen LogP contribution in [0.15, 0.2) is 54.7 Å². The number of nitrogens with one attached hydrogen (secondary N) is 2. The van der Waals surface area contributed by atoms with E-state index in [-0.39, 0.29) is 17.5 Å². The second kappa shape index (κ2) is 11.2. The average Bonchev–Trinajstić information content (AvgIpc) is 3.73. The fourth-order valence-electron chi connectivity index (χ4n) is 5.88. The second-order valence-electron chi connectivity index (χ2n) is 11.6. The summed E-state index contributed by atoms with van der Waals surface area (Å²) < 4.78 is 50.7. The van der Waals surface area contributed by atoms with Crippen LogP contribution in [0.25, 0.3) is 27.7 Å². The van der Waals surface area contributed by atoms with Gasteiger partial charge in [0.2, 0.25) is 10.0 Å². The number of hydrogen-bond donors (Lipinski definition) is 3. The van der Waals surface area contributed by atoms with Crippen LogP contribution in [-0.2, 0) is 20.5 Å². The number of ether oxygens (including phenoxy) is 1. The number of aromatic nitrogens is 3. The van der Waals surface area contributed by atoms with Gasteiger partial charge in [-0.05, 0) is 61.4 Å². The molecule has 1 saturated carbocycles. The largest absolute Gasteiger partial charge is 0.383 e. The maximum atomic E-state index is 15.4. The zero-order valence-electron chi connectivity index (χ0n) is 23.4. The Bertz CT molecular complexity index is 1850. The summed E-state index contributed by atoms with van der Waals surface area (Å²) in [5, 5.41) is 9.63. The highest BCUT2D eigenvalue weighted by Crippen LogP contribution is 2.44. The molecule has 7 rings (SSSR count). The number of sulfonamides is 1. The second-order valence-corrected chi connectivity index (χ2v) is 13.7. The fraction of sp³-hybridized carbons (Fsp3) is 0.355. The SMILES string of the molecule is Nc1ncc(C2=CC[C@H](NC3COC3)CC2)c2c1c(-c1ccc(NS(=O)(=O)Cc3ccccc3Cl)c(F)c1)nn2C1CC1. The number of nitrogen functional groups attached to an aromatic ring is 1. The Kier molecular flexibility index (Phi) is 7.37. The van der Waals surface area contributed by atoms with E-state index in [4.69, 9.17) is 27.2 Å². The molecule has 0 spiro atoms. The van der Waals surface area contributed by atoms with Crippen LogP contribution in [-0.4, -0.2) is 48.5 Å². The van der Waals surface area contributed by atoms with Crippen LogP contribution >= 0.6 is 11.6 Å². The zero-order valence-corrected chi connectivity index (χ0v) is 25.0. The summed E-state index contributed by atoms with van der Waals surface area (Å²) in [6.45, 7) is 1.55. The first-order valence-corrected chi connectivity index (χ1v) is 16.5. The Labute approximate surface area is 254 Å². The third-order valence-electron chi connectivity index (χ3n) is 8.32. The summed E-state index contributed by atoms with van der Waals surface area (Å²) in [4.78, 5) is 4.54. The summed E-state index contributed by atoms with van der Waals surface area (Å²) in [5.74, 6) is -0.773. The molecular formula is C31H32ClFN6O3S. The third kappa shape index (κ3) is 5.74. The first-order valence-electron chi connectivity index (χ1n) is 14.5. The number of halogens is 2. The summed E-state index contributed by atoms with van der Waals surface area (Å²) in [6, 6.07) is 12.1. The highest BCUT2D eigenvalue weighted by Gasteiger charge is 2.32. The van der Waals surface area contributed by atoms with Crippen molar-refractivity contribution < 1.29 is 17.5 Å². The molecule has 2 aromatic heterocycles. The van der Waals surface area contributed by atoms with Gasteiger partial charge in [-0.15, -0.1) is 0 Å². The van der Waals surface area contributed by atoms with Crippen molar-refractivity contribution in [1.82, 2.24) is 20.1 Å². The molecule has 0 bridgehead atoms. The molecule has 2 aliphatic carbocycles. The van der Waals surface area contributed by atoms with Crippen molar-refractivity contribution >= 4 is 49.6 Å². The average molecular weight is 623 g/mol. The van der Waals surface area contributed by atoms with E-state index in [2.05, 4.69) is 21.1 Å². The van der Waals surface area contributed by atoms with Crippen molar-refractivity contribution in [2.45, 2.75) is 56.0 Å². The van der Waals surface area contributed by atoms with Crippen LogP contribution in [0, 0.1) is 5.82 Å². The number of allylic oxidation sites excluding steroid dienone is 1. The van der Waals surface area contributed by atoms with Gasteiger partial charge in [-0.3, -0.25) is 9.40 Å². The Morgan fingerprint density at radius 1 is 1.12 bits per heavy atom. The highest BCUT2D eigenvalue weighted by atomic mass is 35.5. The third-order valence-corrected chi connectivity index (χ3v) is 9.92. The Morgan fingerprint density at radius 2 is 1.93 bits per heavy atom. The van der Waals surface area contributed by atoms with Gasteiger partial charge in [0.15, 0.2) is 0 Å². The minimum atomic E-state index is -3.92. The highest BCUT2D eigenvalue weighted by molar-refractivity contribution is 7.91. The molecule has 0 unspecified atom stereocenters. The number of rotatable bonds is 9. The van der Waals surface area contributed by atoms with Crippen molar-refractivity contribution in [3.8, 4) is 11.3 Å². The van der Waals surface area contributed by atoms with Gasteiger partial charge in [0.05, 0.1) is 47.6 Å². The lowest BCUT2D eigenvalue weighted by molar-refractivity contribution is -0.0103. The van der Waals surface area contributed by atoms with E-state index >= 15 is 4.39 Å². The van der Waals surface area contributed by atoms with Gasteiger partial charge >= 0.3 is 0 Å². The maximum absolute atomic E-state index is 15.4. The molecule has 4 aromatic rings. The van der Waals surface area contributed by atoms with E-state index in [0.29, 0.717) is 45.1 Å². The van der Waals surface area contributed by atoms with E-state index in [1.807, 2.05) is 10.9 Å². The standard InChI is InChI=1S/C31H32ClFN6O3S/c32-25-4-2-1-3-20(25)17-43(40,41)38-27-12-7-19(13-26(27)33)29-28-30(39(37-29)23-10-11-23)24(14-35-31(28)34)18-5-8-21(9-6-18)36-22-15-42-16-22/h1-5,7,12-14,21-23,36,38H,6,8-11,15-17H2,(H2,34,35)/t21-/m0/s1. The number of hydrogen-bond acceptors (Lipinski definition) is 7. The monoisotopic (exact) mass is 622 g/mol. The minimum absolute atomic E-state index is 0.155. The maximum Gasteiger partial charge on any atom is 0.237 e. The molecule has 2 aromatic carbocycles. The molecule has 3 heterocycles. The van der Waals surface area contributed by atoms with Crippen molar-refractivity contribution in [2.75, 3.05) is 23.7 Å². The van der Waals surface area contributed by atoms with Gasteiger partial charge in [-0.1, -0.05) is 41.9 Å². The Balaban J connectivity index is 1.20. The Hall–Kier alpha value is -3.51. The molecule has 1 saturated heterocycles. The van der Waals surface area contributed by atoms with Gasteiger partial charge in [0.1, 0.15) is 17.3 Å². The van der Waals surface area contributed by atoms with Crippen molar-refractivity contribution in [2.24, 2.45) is 0 Å². The number of nitrogens with two attached hydrogens (primary N) is 1. The summed E-state index contributed by atoms with van der Waals surface area (Å²) in [6.07, 6.45) is 8.95. The number of nitrogens with zero attached hydrogens (tertiary/aromatic N) is 3. The van der Waals surface area contributed by atoms with Gasteiger partial charge < -0.3 is 15.8 Å². The molecule has 1 atom stereocenters. The molecule has 0 radical (unpaired) electrons. The number of pyridine rings is 1. The van der Waals surface area contributed by atoms with E-state index in [1.165, 1.54) is 17.7 Å². The lowest BCUT2D eigenvalue weighted by Crippen LogP contribution is -2.50. The lowest BCUT2D eigenvalue weighted by Gasteiger charge is -2.33. The molecule has 2 fully saturated rings. The Morgan fingerprint density at radius 3 is 2.60 bits per heavy atom. The van der Waals surface area contributed by atoms with E-state index in [9.17, 15) is 8.42 Å². The van der Waals surface area contributed by atoms with Gasteiger partial charge in [-0.25, -0.2) is 17.8 Å². The van der Waals surface area contributed by atoms with Crippen molar-refractivity contribution in [1.29, 1.82) is 0 Å². The van der Waals surface area contributed by atoms with Crippen LogP contribution in [0.1, 0.15) is 49.3 Å². The summed E-state index contributed by atoms with van der Waals surface area (Å²) in [5.41, 5.74) is 10.9. The number of fused-ring (bicyclic) bond motifs is 1. The minimum Gasteiger partial charge on any atom is -0.383 e. The van der Waals surface area contributed by atoms with E-state index < -0.39 is 15.8 Å². The molecule has 1 aliphatic heterocycles. The topological polar surface area (TPSA) is 124 Å². The first-order chi connectivity index (χ1) is 20.8. The predicted octanol–water partition coefficient (Wildman–Crippen LogP) is 5.67. The zero-order chi connectivity index (χ0) is 29.7. The molecule has 0 amide bonds. The van der Waals surface area contributed by atoms with Crippen LogP contribution in [0.2, 0.25) is 5.02 Å². The van der Waals surface area contributed by atoms with Crippen LogP contribution in [0.5, 0.6) is 0 Å². The smallest absolute Gasteiger partial charge is 0.237 e. The summed E-state index contributed by atoms with van der Waals surface area (Å²) in [7, 11) is -3.92. The van der Waals surface area contributed by atoms with Gasteiger partial charge in [0.25, 0.3) is 0 Å². The van der Waals surface area contributed by atoms with Gasteiger partial charge in [0, 0.05) is 28.4 Å². The normalized spacial score (nSPS) is 19.3. The molecule has 4 N–H and O–H groups in total. The van der Waals surface area contributed by atoms with Crippen molar-refractivity contribution in [3.63, 3.8) is 0 Å². The molecule has 43 heavy (non-hydrogen) atoms. The van der Waals surface area contributed by atoms with E-state index in [1.54, 1.807) is 30.3 Å². The van der Waals surface area contributed by atoms with Crippen molar-refractivity contribution in [3.05, 3.63) is 76.7 Å². The molecule has 12 heteroatoms. The quantitative estimate of drug-likeness (QED) is 0.220. The predicted molar refractivity (Wildman–Crippen MR) is 167 cm³/mol. The van der Waals surface area contributed by atoms with Gasteiger partial charge in [-0.2, -0.15) is 5.10 Å². The van der Waals surface area contributed by atoms with Crippen LogP contribution in [0.3, 0.4) is 0 Å². The molecule has 224 valence electrons. The van der Waals surface area contributed by atoms with Crippen LogP contribution in [0.4, 0.5) is 15.9 Å². The fourth-order valence-corrected chi connectivity index (χ4v) is 7.40. The lowest BCUT2D eigenvalue weighted by atomic mass is 9.89. The molecule has 3 aliphatic rings. The van der Waals surface area contributed by atoms with Crippen LogP contribution < -0.4 is 15.8 Å². The first kappa shape index (κ1) is 28.3. The summed E-state index contributed by atoms with van der Waals surface area (Å²) >= 11 is 6.13. The number of benzene rings is 2. The van der Waals surface area contributed by atoms with E-state index in [0.717, 1.165) is 56.4 Å². The number of anilines is 2. The molecule has 9 nitrogen and oxygen atoms in total. The molecular weight excluding hydrogens is 591 g/mol.